The van der Waals surface area contributed by atoms with Crippen LogP contribution in [0.5, 0.6) is 0 Å². The molecular weight excluding hydrogens is 304 g/mol. The Kier molecular flexibility index (Phi) is 5.12. The molecule has 1 aromatic carbocycles. The first-order valence-corrected chi connectivity index (χ1v) is 7.65. The average molecular weight is 322 g/mol. The van der Waals surface area contributed by atoms with E-state index in [1.165, 1.54) is 4.90 Å². The summed E-state index contributed by atoms with van der Waals surface area (Å²) in [4.78, 5) is 1.54. The molecule has 0 aliphatic rings. The molecule has 0 spiro atoms. The van der Waals surface area contributed by atoms with Crippen LogP contribution >= 0.6 is 15.9 Å². The predicted molar refractivity (Wildman–Crippen MR) is 71.7 cm³/mol. The molecule has 0 bridgehead atoms. The highest BCUT2D eigenvalue weighted by molar-refractivity contribution is 9.10. The third-order valence-electron chi connectivity index (χ3n) is 2.36. The normalized spacial score (nSPS) is 12.1. The summed E-state index contributed by atoms with van der Waals surface area (Å²) in [7, 11) is 0.567. The number of rotatable bonds is 5. The molecule has 0 radical (unpaired) electrons. The molecule has 0 aliphatic heterocycles. The van der Waals surface area contributed by atoms with E-state index in [0.717, 1.165) is 16.6 Å². The van der Waals surface area contributed by atoms with Gasteiger partial charge in [-0.3, -0.25) is 0 Å². The minimum Gasteiger partial charge on any atom is -0.339 e. The van der Waals surface area contributed by atoms with Crippen LogP contribution in [0.3, 0.4) is 0 Å². The highest BCUT2D eigenvalue weighted by Crippen LogP contribution is 2.20. The van der Waals surface area contributed by atoms with Crippen molar-refractivity contribution in [2.75, 3.05) is 27.2 Å². The monoisotopic (exact) mass is 321 g/mol. The van der Waals surface area contributed by atoms with Crippen LogP contribution in [0.15, 0.2) is 27.6 Å². The lowest BCUT2D eigenvalue weighted by atomic mass is 10.2. The zero-order chi connectivity index (χ0) is 13.1. The Balaban J connectivity index is 2.86. The van der Waals surface area contributed by atoms with Gasteiger partial charge in [-0.1, -0.05) is 22.0 Å². The van der Waals surface area contributed by atoms with Gasteiger partial charge >= 0.3 is 0 Å². The Labute approximate surface area is 111 Å². The number of halogens is 1. The van der Waals surface area contributed by atoms with Crippen molar-refractivity contribution in [3.63, 3.8) is 0 Å². The average Bonchev–Trinajstić information content (AvgIpc) is 2.20. The van der Waals surface area contributed by atoms with E-state index in [4.69, 9.17) is 0 Å². The molecule has 0 aromatic heterocycles. The van der Waals surface area contributed by atoms with E-state index in [1.807, 2.05) is 20.2 Å². The molecule has 6 heteroatoms. The molecule has 1 aromatic rings. The van der Waals surface area contributed by atoms with E-state index >= 15 is 0 Å². The van der Waals surface area contributed by atoms with E-state index < -0.39 is 10.0 Å². The number of hydrogen-bond acceptors (Lipinski definition) is 2. The largest absolute Gasteiger partial charge is 0.339 e. The van der Waals surface area contributed by atoms with Crippen molar-refractivity contribution in [2.24, 2.45) is 0 Å². The fourth-order valence-corrected chi connectivity index (χ4v) is 3.19. The van der Waals surface area contributed by atoms with Gasteiger partial charge in [0.05, 0.1) is 32.1 Å². The zero-order valence-corrected chi connectivity index (χ0v) is 12.7. The van der Waals surface area contributed by atoms with Gasteiger partial charge in [0.15, 0.2) is 0 Å². The first-order chi connectivity index (χ1) is 7.83. The quantitative estimate of drug-likeness (QED) is 0.813. The first kappa shape index (κ1) is 14.6. The van der Waals surface area contributed by atoms with Crippen LogP contribution in [0.25, 0.3) is 0 Å². The second-order valence-electron chi connectivity index (χ2n) is 4.26. The maximum Gasteiger partial charge on any atom is 0.241 e. The Bertz CT molecular complexity index is 486. The molecular formula is C11H18BrN2O2S+. The highest BCUT2D eigenvalue weighted by Gasteiger charge is 2.16. The van der Waals surface area contributed by atoms with Crippen molar-refractivity contribution in [3.8, 4) is 0 Å². The fourth-order valence-electron chi connectivity index (χ4n) is 1.38. The molecule has 0 saturated carbocycles. The van der Waals surface area contributed by atoms with Gasteiger partial charge < -0.3 is 4.90 Å². The van der Waals surface area contributed by atoms with Gasteiger partial charge in [-0.15, -0.1) is 0 Å². The van der Waals surface area contributed by atoms with Gasteiger partial charge in [0, 0.05) is 4.47 Å². The smallest absolute Gasteiger partial charge is 0.241 e. The second-order valence-corrected chi connectivity index (χ2v) is 6.92. The van der Waals surface area contributed by atoms with Gasteiger partial charge in [0.2, 0.25) is 10.0 Å². The summed E-state index contributed by atoms with van der Waals surface area (Å²) in [5.74, 6) is 0. The maximum absolute atomic E-state index is 12.0. The van der Waals surface area contributed by atoms with E-state index in [-0.39, 0.29) is 0 Å². The van der Waals surface area contributed by atoms with E-state index in [2.05, 4.69) is 20.7 Å². The molecule has 0 unspecified atom stereocenters. The lowest BCUT2D eigenvalue weighted by Crippen LogP contribution is -3.06. The van der Waals surface area contributed by atoms with Gasteiger partial charge in [-0.2, -0.15) is 0 Å². The van der Waals surface area contributed by atoms with Crippen LogP contribution in [-0.2, 0) is 10.0 Å². The maximum atomic E-state index is 12.0. The summed E-state index contributed by atoms with van der Waals surface area (Å²) >= 11 is 3.28. The van der Waals surface area contributed by atoms with Crippen molar-refractivity contribution in [1.29, 1.82) is 0 Å². The minimum absolute atomic E-state index is 0.334. The summed E-state index contributed by atoms with van der Waals surface area (Å²) in [5, 5.41) is 0. The standard InChI is InChI=1S/C11H17BrN2O2S/c1-9-4-5-10(12)8-11(9)17(15,16)13-6-7-14(2)3/h4-5,8,13H,6-7H2,1-3H3/p+1. The molecule has 0 amide bonds. The molecule has 0 fully saturated rings. The highest BCUT2D eigenvalue weighted by atomic mass is 79.9. The number of likely N-dealkylation sites (N-methyl/N-ethyl adjacent to an activating group) is 1. The number of hydrogen-bond donors (Lipinski definition) is 2. The summed E-state index contributed by atoms with van der Waals surface area (Å²) in [5.41, 5.74) is 0.748. The first-order valence-electron chi connectivity index (χ1n) is 5.38. The molecule has 2 N–H and O–H groups in total. The second kappa shape index (κ2) is 5.95. The van der Waals surface area contributed by atoms with Gasteiger partial charge in [-0.25, -0.2) is 13.1 Å². The summed E-state index contributed by atoms with van der Waals surface area (Å²) < 4.78 is 27.5. The number of benzene rings is 1. The number of sulfonamides is 1. The van der Waals surface area contributed by atoms with Crippen LogP contribution in [0.4, 0.5) is 0 Å². The fraction of sp³-hybridized carbons (Fsp3) is 0.455. The lowest BCUT2D eigenvalue weighted by Gasteiger charge is -2.11. The number of quaternary nitrogens is 1. The van der Waals surface area contributed by atoms with E-state index in [1.54, 1.807) is 19.1 Å². The Morgan fingerprint density at radius 2 is 2.00 bits per heavy atom. The zero-order valence-electron chi connectivity index (χ0n) is 10.2. The topological polar surface area (TPSA) is 50.6 Å². The van der Waals surface area contributed by atoms with Crippen LogP contribution in [0.1, 0.15) is 5.56 Å². The summed E-state index contributed by atoms with van der Waals surface area (Å²) in [6.45, 7) is 2.99. The molecule has 0 heterocycles. The van der Waals surface area contributed by atoms with E-state index in [0.29, 0.717) is 11.4 Å². The third-order valence-corrected chi connectivity index (χ3v) is 4.45. The predicted octanol–water partition coefficient (Wildman–Crippen LogP) is 0.180. The van der Waals surface area contributed by atoms with Gasteiger partial charge in [-0.05, 0) is 24.6 Å². The SMILES string of the molecule is Cc1ccc(Br)cc1S(=O)(=O)NCC[NH+](C)C. The van der Waals surface area contributed by atoms with Crippen molar-refractivity contribution in [1.82, 2.24) is 4.72 Å². The summed E-state index contributed by atoms with van der Waals surface area (Å²) in [6.07, 6.45) is 0. The van der Waals surface area contributed by atoms with Crippen molar-refractivity contribution < 1.29 is 13.3 Å². The Morgan fingerprint density at radius 1 is 1.35 bits per heavy atom. The third kappa shape index (κ3) is 4.39. The number of aryl methyl sites for hydroxylation is 1. The Hall–Kier alpha value is -0.430. The van der Waals surface area contributed by atoms with Crippen molar-refractivity contribution in [2.45, 2.75) is 11.8 Å². The Morgan fingerprint density at radius 3 is 2.59 bits per heavy atom. The van der Waals surface area contributed by atoms with E-state index in [9.17, 15) is 8.42 Å². The van der Waals surface area contributed by atoms with Crippen molar-refractivity contribution >= 4 is 26.0 Å². The molecule has 0 aliphatic carbocycles. The summed E-state index contributed by atoms with van der Waals surface area (Å²) in [6, 6.07) is 5.24. The lowest BCUT2D eigenvalue weighted by molar-refractivity contribution is -0.856. The minimum atomic E-state index is -3.40. The molecule has 0 saturated heterocycles. The van der Waals surface area contributed by atoms with Crippen LogP contribution in [-0.4, -0.2) is 35.6 Å². The van der Waals surface area contributed by atoms with Crippen molar-refractivity contribution in [3.05, 3.63) is 28.2 Å². The van der Waals surface area contributed by atoms with Gasteiger partial charge in [0.1, 0.15) is 0 Å². The molecule has 1 rings (SSSR count). The molecule has 17 heavy (non-hydrogen) atoms. The van der Waals surface area contributed by atoms with Crippen LogP contribution in [0, 0.1) is 6.92 Å². The number of nitrogens with one attached hydrogen (secondary N) is 2. The van der Waals surface area contributed by atoms with Gasteiger partial charge in [0.25, 0.3) is 0 Å². The van der Waals surface area contributed by atoms with Crippen LogP contribution < -0.4 is 9.62 Å². The van der Waals surface area contributed by atoms with Crippen LogP contribution in [0.2, 0.25) is 0 Å². The molecule has 0 atom stereocenters. The molecule has 4 nitrogen and oxygen atoms in total. The molecule has 96 valence electrons.